The van der Waals surface area contributed by atoms with Crippen LogP contribution in [0.5, 0.6) is 0 Å². The quantitative estimate of drug-likeness (QED) is 0.596. The van der Waals surface area contributed by atoms with E-state index in [2.05, 4.69) is 6.92 Å². The van der Waals surface area contributed by atoms with Gasteiger partial charge in [0.1, 0.15) is 0 Å². The first kappa shape index (κ1) is 11.2. The van der Waals surface area contributed by atoms with E-state index in [0.29, 0.717) is 6.42 Å². The molecule has 12 heavy (non-hydrogen) atoms. The SMILES string of the molecule is CCC/C=C\C[C@H](N)CC(=O)O. The van der Waals surface area contributed by atoms with Gasteiger partial charge in [0.15, 0.2) is 0 Å². The molecule has 0 rings (SSSR count). The van der Waals surface area contributed by atoms with Gasteiger partial charge in [-0.05, 0) is 12.8 Å². The van der Waals surface area contributed by atoms with Gasteiger partial charge in [-0.25, -0.2) is 0 Å². The minimum absolute atomic E-state index is 0.0520. The summed E-state index contributed by atoms with van der Waals surface area (Å²) in [5, 5.41) is 8.38. The van der Waals surface area contributed by atoms with Gasteiger partial charge in [0, 0.05) is 6.04 Å². The molecule has 0 heterocycles. The third-order valence-corrected chi connectivity index (χ3v) is 1.50. The van der Waals surface area contributed by atoms with E-state index < -0.39 is 5.97 Å². The van der Waals surface area contributed by atoms with Gasteiger partial charge >= 0.3 is 5.97 Å². The topological polar surface area (TPSA) is 63.3 Å². The van der Waals surface area contributed by atoms with Gasteiger partial charge < -0.3 is 10.8 Å². The van der Waals surface area contributed by atoms with Crippen LogP contribution in [0, 0.1) is 0 Å². The number of hydrogen-bond acceptors (Lipinski definition) is 2. The molecule has 0 spiro atoms. The predicted molar refractivity (Wildman–Crippen MR) is 48.9 cm³/mol. The van der Waals surface area contributed by atoms with Crippen molar-refractivity contribution in [3.8, 4) is 0 Å². The number of carboxylic acids is 1. The molecule has 0 aliphatic carbocycles. The molecule has 0 aromatic carbocycles. The molecule has 1 atom stereocenters. The van der Waals surface area contributed by atoms with Crippen LogP contribution in [0.2, 0.25) is 0 Å². The second-order valence-electron chi connectivity index (χ2n) is 2.85. The van der Waals surface area contributed by atoms with Crippen LogP contribution in [0.3, 0.4) is 0 Å². The van der Waals surface area contributed by atoms with Crippen LogP contribution in [0.4, 0.5) is 0 Å². The Labute approximate surface area is 73.3 Å². The lowest BCUT2D eigenvalue weighted by molar-refractivity contribution is -0.137. The molecular formula is C9H17NO2. The summed E-state index contributed by atoms with van der Waals surface area (Å²) < 4.78 is 0. The minimum atomic E-state index is -0.827. The number of aliphatic carboxylic acids is 1. The molecule has 0 saturated carbocycles. The Hall–Kier alpha value is -0.830. The van der Waals surface area contributed by atoms with Crippen molar-refractivity contribution < 1.29 is 9.90 Å². The van der Waals surface area contributed by atoms with E-state index in [0.717, 1.165) is 12.8 Å². The number of allylic oxidation sites excluding steroid dienone is 1. The third kappa shape index (κ3) is 7.28. The molecule has 0 aliphatic rings. The smallest absolute Gasteiger partial charge is 0.304 e. The fourth-order valence-corrected chi connectivity index (χ4v) is 0.863. The highest BCUT2D eigenvalue weighted by atomic mass is 16.4. The highest BCUT2D eigenvalue weighted by Gasteiger charge is 2.04. The van der Waals surface area contributed by atoms with Gasteiger partial charge in [-0.1, -0.05) is 25.5 Å². The second-order valence-corrected chi connectivity index (χ2v) is 2.85. The Morgan fingerprint density at radius 3 is 2.75 bits per heavy atom. The summed E-state index contributed by atoms with van der Waals surface area (Å²) in [6, 6.07) is -0.240. The molecular weight excluding hydrogens is 154 g/mol. The van der Waals surface area contributed by atoms with Gasteiger partial charge in [0.05, 0.1) is 6.42 Å². The molecule has 0 aromatic rings. The number of unbranched alkanes of at least 4 members (excludes halogenated alkanes) is 1. The molecule has 0 bridgehead atoms. The average Bonchev–Trinajstić information content (AvgIpc) is 1.97. The largest absolute Gasteiger partial charge is 0.481 e. The lowest BCUT2D eigenvalue weighted by Gasteiger charge is -2.03. The first-order valence-electron chi connectivity index (χ1n) is 4.29. The Morgan fingerprint density at radius 2 is 2.25 bits per heavy atom. The normalized spacial score (nSPS) is 13.5. The molecule has 0 radical (unpaired) electrons. The van der Waals surface area contributed by atoms with Crippen LogP contribution in [0.1, 0.15) is 32.6 Å². The summed E-state index contributed by atoms with van der Waals surface area (Å²) in [7, 11) is 0. The number of carboxylic acid groups (broad SMARTS) is 1. The lowest BCUT2D eigenvalue weighted by atomic mass is 10.1. The third-order valence-electron chi connectivity index (χ3n) is 1.50. The summed E-state index contributed by atoms with van der Waals surface area (Å²) in [6.07, 6.45) is 6.87. The summed E-state index contributed by atoms with van der Waals surface area (Å²) >= 11 is 0. The van der Waals surface area contributed by atoms with Crippen molar-refractivity contribution >= 4 is 5.97 Å². The van der Waals surface area contributed by atoms with E-state index in [1.54, 1.807) is 0 Å². The van der Waals surface area contributed by atoms with E-state index in [-0.39, 0.29) is 12.5 Å². The molecule has 3 heteroatoms. The first-order valence-corrected chi connectivity index (χ1v) is 4.29. The van der Waals surface area contributed by atoms with Crippen LogP contribution in [-0.2, 0) is 4.79 Å². The minimum Gasteiger partial charge on any atom is -0.481 e. The fraction of sp³-hybridized carbons (Fsp3) is 0.667. The standard InChI is InChI=1S/C9H17NO2/c1-2-3-4-5-6-8(10)7-9(11)12/h4-5,8H,2-3,6-7,10H2,1H3,(H,11,12)/b5-4-/t8-/m0/s1. The van der Waals surface area contributed by atoms with Gasteiger partial charge in [-0.15, -0.1) is 0 Å². The Kier molecular flexibility index (Phi) is 6.38. The Balaban J connectivity index is 3.42. The van der Waals surface area contributed by atoms with Crippen molar-refractivity contribution in [3.63, 3.8) is 0 Å². The Morgan fingerprint density at radius 1 is 1.58 bits per heavy atom. The maximum atomic E-state index is 10.2. The number of carbonyl (C=O) groups is 1. The highest BCUT2D eigenvalue weighted by molar-refractivity contribution is 5.67. The number of nitrogens with two attached hydrogens (primary N) is 1. The monoisotopic (exact) mass is 171 g/mol. The number of rotatable bonds is 6. The van der Waals surface area contributed by atoms with Crippen molar-refractivity contribution in [3.05, 3.63) is 12.2 Å². The van der Waals surface area contributed by atoms with E-state index in [9.17, 15) is 4.79 Å². The zero-order valence-electron chi connectivity index (χ0n) is 7.49. The molecule has 3 N–H and O–H groups in total. The van der Waals surface area contributed by atoms with E-state index in [4.69, 9.17) is 10.8 Å². The zero-order chi connectivity index (χ0) is 9.40. The maximum Gasteiger partial charge on any atom is 0.304 e. The van der Waals surface area contributed by atoms with Gasteiger partial charge in [0.2, 0.25) is 0 Å². The zero-order valence-corrected chi connectivity index (χ0v) is 7.49. The molecule has 3 nitrogen and oxygen atoms in total. The van der Waals surface area contributed by atoms with Crippen molar-refractivity contribution in [1.29, 1.82) is 0 Å². The maximum absolute atomic E-state index is 10.2. The van der Waals surface area contributed by atoms with E-state index >= 15 is 0 Å². The summed E-state index contributed by atoms with van der Waals surface area (Å²) in [5.74, 6) is -0.827. The number of hydrogen-bond donors (Lipinski definition) is 2. The van der Waals surface area contributed by atoms with Crippen molar-refractivity contribution in [1.82, 2.24) is 0 Å². The van der Waals surface area contributed by atoms with E-state index in [1.807, 2.05) is 12.2 Å². The molecule has 0 unspecified atom stereocenters. The first-order chi connectivity index (χ1) is 5.66. The second kappa shape index (κ2) is 6.85. The predicted octanol–water partition coefficient (Wildman–Crippen LogP) is 1.53. The van der Waals surface area contributed by atoms with Crippen molar-refractivity contribution in [2.45, 2.75) is 38.6 Å². The summed E-state index contributed by atoms with van der Waals surface area (Å²) in [4.78, 5) is 10.2. The van der Waals surface area contributed by atoms with Crippen LogP contribution in [0.15, 0.2) is 12.2 Å². The molecule has 70 valence electrons. The van der Waals surface area contributed by atoms with Crippen molar-refractivity contribution in [2.75, 3.05) is 0 Å². The molecule has 0 fully saturated rings. The summed E-state index contributed by atoms with van der Waals surface area (Å²) in [6.45, 7) is 2.10. The highest BCUT2D eigenvalue weighted by Crippen LogP contribution is 1.97. The molecule has 0 aromatic heterocycles. The van der Waals surface area contributed by atoms with E-state index in [1.165, 1.54) is 0 Å². The summed E-state index contributed by atoms with van der Waals surface area (Å²) in [5.41, 5.74) is 5.52. The average molecular weight is 171 g/mol. The fourth-order valence-electron chi connectivity index (χ4n) is 0.863. The molecule has 0 aliphatic heterocycles. The lowest BCUT2D eigenvalue weighted by Crippen LogP contribution is -2.22. The molecule has 0 amide bonds. The van der Waals surface area contributed by atoms with Gasteiger partial charge in [0.25, 0.3) is 0 Å². The van der Waals surface area contributed by atoms with Crippen LogP contribution in [-0.4, -0.2) is 17.1 Å². The van der Waals surface area contributed by atoms with Crippen LogP contribution < -0.4 is 5.73 Å². The Bertz CT molecular complexity index is 155. The van der Waals surface area contributed by atoms with Crippen molar-refractivity contribution in [2.24, 2.45) is 5.73 Å². The van der Waals surface area contributed by atoms with Crippen LogP contribution in [0.25, 0.3) is 0 Å². The molecule has 0 saturated heterocycles. The van der Waals surface area contributed by atoms with Gasteiger partial charge in [-0.2, -0.15) is 0 Å². The van der Waals surface area contributed by atoms with Crippen LogP contribution >= 0.6 is 0 Å². The van der Waals surface area contributed by atoms with Gasteiger partial charge in [-0.3, -0.25) is 4.79 Å².